The van der Waals surface area contributed by atoms with Gasteiger partial charge in [-0.2, -0.15) is 0 Å². The van der Waals surface area contributed by atoms with Crippen molar-refractivity contribution in [1.82, 2.24) is 10.6 Å². The summed E-state index contributed by atoms with van der Waals surface area (Å²) in [5.74, 6) is 0.671. The summed E-state index contributed by atoms with van der Waals surface area (Å²) in [6.07, 6.45) is 0.929. The molecular formula is C16H24N2O. The van der Waals surface area contributed by atoms with E-state index in [1.807, 2.05) is 26.8 Å². The Bertz CT molecular complexity index is 422. The lowest BCUT2D eigenvalue weighted by Crippen LogP contribution is -2.49. The summed E-state index contributed by atoms with van der Waals surface area (Å²) in [7, 11) is 0. The second kappa shape index (κ2) is 5.74. The van der Waals surface area contributed by atoms with Gasteiger partial charge in [-0.15, -0.1) is 0 Å². The Morgan fingerprint density at radius 2 is 1.89 bits per heavy atom. The molecule has 1 aliphatic heterocycles. The Morgan fingerprint density at radius 1 is 1.21 bits per heavy atom. The molecule has 0 radical (unpaired) electrons. The van der Waals surface area contributed by atoms with Crippen molar-refractivity contribution in [3.63, 3.8) is 0 Å². The van der Waals surface area contributed by atoms with E-state index in [1.165, 1.54) is 5.56 Å². The van der Waals surface area contributed by atoms with Crippen LogP contribution in [0.15, 0.2) is 30.3 Å². The van der Waals surface area contributed by atoms with Crippen molar-refractivity contribution in [3.8, 4) is 0 Å². The summed E-state index contributed by atoms with van der Waals surface area (Å²) in [4.78, 5) is 12.2. The third-order valence-electron chi connectivity index (χ3n) is 3.49. The van der Waals surface area contributed by atoms with E-state index >= 15 is 0 Å². The zero-order valence-electron chi connectivity index (χ0n) is 12.1. The van der Waals surface area contributed by atoms with Crippen LogP contribution in [0, 0.1) is 5.92 Å². The molecule has 1 aliphatic rings. The van der Waals surface area contributed by atoms with Gasteiger partial charge in [0.1, 0.15) is 0 Å². The maximum Gasteiger partial charge on any atom is 0.224 e. The summed E-state index contributed by atoms with van der Waals surface area (Å²) in [6, 6.07) is 10.5. The molecule has 0 saturated carbocycles. The van der Waals surface area contributed by atoms with Gasteiger partial charge in [-0.1, -0.05) is 30.3 Å². The number of amides is 1. The number of carbonyl (C=O) groups is 1. The first kappa shape index (κ1) is 14.1. The highest BCUT2D eigenvalue weighted by molar-refractivity contribution is 5.79. The fraction of sp³-hybridized carbons (Fsp3) is 0.562. The molecule has 0 aliphatic carbocycles. The molecule has 1 aromatic carbocycles. The maximum absolute atomic E-state index is 12.2. The van der Waals surface area contributed by atoms with Crippen LogP contribution in [0.4, 0.5) is 0 Å². The molecular weight excluding hydrogens is 236 g/mol. The highest BCUT2D eigenvalue weighted by Gasteiger charge is 2.29. The van der Waals surface area contributed by atoms with E-state index in [0.29, 0.717) is 5.92 Å². The summed E-state index contributed by atoms with van der Waals surface area (Å²) in [6.45, 7) is 7.82. The average molecular weight is 260 g/mol. The molecule has 1 heterocycles. The molecule has 2 atom stereocenters. The molecule has 19 heavy (non-hydrogen) atoms. The van der Waals surface area contributed by atoms with Crippen molar-refractivity contribution in [1.29, 1.82) is 0 Å². The zero-order chi connectivity index (χ0) is 13.9. The number of rotatable bonds is 2. The molecule has 104 valence electrons. The third kappa shape index (κ3) is 4.06. The monoisotopic (exact) mass is 260 g/mol. The maximum atomic E-state index is 12.2. The van der Waals surface area contributed by atoms with Gasteiger partial charge in [0.15, 0.2) is 0 Å². The number of piperidine rings is 1. The van der Waals surface area contributed by atoms with Gasteiger partial charge in [0, 0.05) is 18.6 Å². The lowest BCUT2D eigenvalue weighted by molar-refractivity contribution is -0.127. The zero-order valence-corrected chi connectivity index (χ0v) is 12.1. The Kier molecular flexibility index (Phi) is 4.25. The summed E-state index contributed by atoms with van der Waals surface area (Å²) < 4.78 is 0. The Hall–Kier alpha value is -1.35. The summed E-state index contributed by atoms with van der Waals surface area (Å²) >= 11 is 0. The highest BCUT2D eigenvalue weighted by atomic mass is 16.2. The van der Waals surface area contributed by atoms with E-state index in [4.69, 9.17) is 0 Å². The number of hydrogen-bond donors (Lipinski definition) is 2. The Morgan fingerprint density at radius 3 is 2.53 bits per heavy atom. The van der Waals surface area contributed by atoms with Crippen LogP contribution in [-0.4, -0.2) is 24.5 Å². The molecule has 1 fully saturated rings. The quantitative estimate of drug-likeness (QED) is 0.856. The largest absolute Gasteiger partial charge is 0.351 e. The van der Waals surface area contributed by atoms with E-state index in [9.17, 15) is 4.79 Å². The molecule has 3 nitrogen and oxygen atoms in total. The van der Waals surface area contributed by atoms with Crippen LogP contribution in [0.3, 0.4) is 0 Å². The van der Waals surface area contributed by atoms with Crippen molar-refractivity contribution in [2.24, 2.45) is 5.92 Å². The number of carbonyl (C=O) groups excluding carboxylic acids is 1. The van der Waals surface area contributed by atoms with Crippen molar-refractivity contribution < 1.29 is 4.79 Å². The minimum absolute atomic E-state index is 0.0678. The average Bonchev–Trinajstić information content (AvgIpc) is 2.38. The fourth-order valence-electron chi connectivity index (χ4n) is 2.59. The van der Waals surface area contributed by atoms with E-state index in [-0.39, 0.29) is 17.4 Å². The molecule has 3 heteroatoms. The number of benzene rings is 1. The molecule has 0 bridgehead atoms. The Balaban J connectivity index is 2.00. The topological polar surface area (TPSA) is 41.1 Å². The highest BCUT2D eigenvalue weighted by Crippen LogP contribution is 2.26. The predicted octanol–water partition coefficient (Wildman–Crippen LogP) is 2.29. The molecule has 0 spiro atoms. The first-order valence-corrected chi connectivity index (χ1v) is 7.03. The van der Waals surface area contributed by atoms with Crippen LogP contribution in [0.1, 0.15) is 38.7 Å². The van der Waals surface area contributed by atoms with Crippen molar-refractivity contribution in [2.75, 3.05) is 13.1 Å². The molecule has 1 amide bonds. The van der Waals surface area contributed by atoms with E-state index < -0.39 is 0 Å². The van der Waals surface area contributed by atoms with Crippen LogP contribution < -0.4 is 10.6 Å². The molecule has 1 saturated heterocycles. The predicted molar refractivity (Wildman–Crippen MR) is 78.1 cm³/mol. The minimum atomic E-state index is -0.156. The van der Waals surface area contributed by atoms with Crippen LogP contribution in [0.5, 0.6) is 0 Å². The Labute approximate surface area is 115 Å². The van der Waals surface area contributed by atoms with Gasteiger partial charge < -0.3 is 10.6 Å². The van der Waals surface area contributed by atoms with Crippen molar-refractivity contribution >= 4 is 5.91 Å². The van der Waals surface area contributed by atoms with Gasteiger partial charge in [-0.3, -0.25) is 4.79 Å². The number of hydrogen-bond acceptors (Lipinski definition) is 2. The molecule has 0 aromatic heterocycles. The van der Waals surface area contributed by atoms with Crippen molar-refractivity contribution in [3.05, 3.63) is 35.9 Å². The fourth-order valence-corrected chi connectivity index (χ4v) is 2.59. The SMILES string of the molecule is CC(C)(C)NC(=O)C1CNCC(c2ccccc2)C1. The number of nitrogens with one attached hydrogen (secondary N) is 2. The van der Waals surface area contributed by atoms with E-state index in [2.05, 4.69) is 34.9 Å². The van der Waals surface area contributed by atoms with Gasteiger partial charge in [0.2, 0.25) is 5.91 Å². The second-order valence-electron chi connectivity index (χ2n) is 6.44. The summed E-state index contributed by atoms with van der Waals surface area (Å²) in [5, 5.41) is 6.47. The third-order valence-corrected chi connectivity index (χ3v) is 3.49. The standard InChI is InChI=1S/C16H24N2O/c1-16(2,3)18-15(19)14-9-13(10-17-11-14)12-7-5-4-6-8-12/h4-8,13-14,17H,9-11H2,1-3H3,(H,18,19). The van der Waals surface area contributed by atoms with Crippen molar-refractivity contribution in [2.45, 2.75) is 38.6 Å². The van der Waals surface area contributed by atoms with Gasteiger partial charge in [-0.25, -0.2) is 0 Å². The van der Waals surface area contributed by atoms with E-state index in [1.54, 1.807) is 0 Å². The lowest BCUT2D eigenvalue weighted by atomic mass is 9.85. The first-order chi connectivity index (χ1) is 8.96. The van der Waals surface area contributed by atoms with Gasteiger partial charge in [-0.05, 0) is 38.7 Å². The van der Waals surface area contributed by atoms with Crippen LogP contribution in [-0.2, 0) is 4.79 Å². The normalized spacial score (nSPS) is 23.9. The molecule has 2 unspecified atom stereocenters. The molecule has 1 aromatic rings. The second-order valence-corrected chi connectivity index (χ2v) is 6.44. The smallest absolute Gasteiger partial charge is 0.224 e. The summed E-state index contributed by atoms with van der Waals surface area (Å²) in [5.41, 5.74) is 1.17. The van der Waals surface area contributed by atoms with Gasteiger partial charge >= 0.3 is 0 Å². The molecule has 2 rings (SSSR count). The van der Waals surface area contributed by atoms with Crippen LogP contribution >= 0.6 is 0 Å². The minimum Gasteiger partial charge on any atom is -0.351 e. The van der Waals surface area contributed by atoms with Gasteiger partial charge in [0.05, 0.1) is 5.92 Å². The van der Waals surface area contributed by atoms with E-state index in [0.717, 1.165) is 19.5 Å². The van der Waals surface area contributed by atoms with Crippen LogP contribution in [0.25, 0.3) is 0 Å². The molecule has 2 N–H and O–H groups in total. The lowest BCUT2D eigenvalue weighted by Gasteiger charge is -2.32. The first-order valence-electron chi connectivity index (χ1n) is 7.03. The van der Waals surface area contributed by atoms with Gasteiger partial charge in [0.25, 0.3) is 0 Å². The van der Waals surface area contributed by atoms with Crippen LogP contribution in [0.2, 0.25) is 0 Å².